The minimum Gasteiger partial charge on any atom is -0.338 e. The molecule has 0 atom stereocenters. The van der Waals surface area contributed by atoms with Crippen LogP contribution in [0.1, 0.15) is 17.5 Å². The number of hydrogen-bond acceptors (Lipinski definition) is 2. The molecule has 0 saturated carbocycles. The number of benzene rings is 2. The number of amides is 3. The Hall–Kier alpha value is -2.82. The average molecular weight is 323 g/mol. The lowest BCUT2D eigenvalue weighted by molar-refractivity contribution is -0.118. The SMILES string of the molecule is CN1C(=O)CCc2cc(CCNC(=O)Nc3ccccc3)ccc21. The Balaban J connectivity index is 1.52. The largest absolute Gasteiger partial charge is 0.338 e. The number of carbonyl (C=O) groups is 2. The minimum absolute atomic E-state index is 0.162. The fourth-order valence-corrected chi connectivity index (χ4v) is 2.88. The lowest BCUT2D eigenvalue weighted by Crippen LogP contribution is -2.31. The van der Waals surface area contributed by atoms with Crippen LogP contribution >= 0.6 is 0 Å². The first-order valence-electron chi connectivity index (χ1n) is 8.12. The van der Waals surface area contributed by atoms with Gasteiger partial charge in [0.15, 0.2) is 0 Å². The van der Waals surface area contributed by atoms with Gasteiger partial charge in [0.05, 0.1) is 0 Å². The average Bonchev–Trinajstić information content (AvgIpc) is 2.59. The normalized spacial score (nSPS) is 13.4. The zero-order valence-corrected chi connectivity index (χ0v) is 13.7. The van der Waals surface area contributed by atoms with Crippen LogP contribution in [0.5, 0.6) is 0 Å². The van der Waals surface area contributed by atoms with E-state index >= 15 is 0 Å². The van der Waals surface area contributed by atoms with Gasteiger partial charge >= 0.3 is 6.03 Å². The highest BCUT2D eigenvalue weighted by Gasteiger charge is 2.20. The van der Waals surface area contributed by atoms with Gasteiger partial charge in [0.1, 0.15) is 0 Å². The third kappa shape index (κ3) is 3.74. The van der Waals surface area contributed by atoms with E-state index in [0.29, 0.717) is 13.0 Å². The molecular weight excluding hydrogens is 302 g/mol. The maximum atomic E-state index is 11.8. The molecule has 1 aliphatic heterocycles. The quantitative estimate of drug-likeness (QED) is 0.909. The molecule has 5 nitrogen and oxygen atoms in total. The molecule has 2 aromatic rings. The predicted molar refractivity (Wildman–Crippen MR) is 95.3 cm³/mol. The molecule has 1 heterocycles. The number of urea groups is 1. The lowest BCUT2D eigenvalue weighted by atomic mass is 9.98. The molecule has 3 amide bonds. The maximum absolute atomic E-state index is 11.8. The van der Waals surface area contributed by atoms with E-state index in [-0.39, 0.29) is 11.9 Å². The fourth-order valence-electron chi connectivity index (χ4n) is 2.88. The van der Waals surface area contributed by atoms with Crippen LogP contribution in [-0.4, -0.2) is 25.5 Å². The van der Waals surface area contributed by atoms with Crippen molar-refractivity contribution in [1.82, 2.24) is 5.32 Å². The third-order valence-corrected chi connectivity index (χ3v) is 4.22. The molecule has 3 rings (SSSR count). The monoisotopic (exact) mass is 323 g/mol. The first kappa shape index (κ1) is 16.1. The van der Waals surface area contributed by atoms with Crippen molar-refractivity contribution in [2.24, 2.45) is 0 Å². The fraction of sp³-hybridized carbons (Fsp3) is 0.263. The van der Waals surface area contributed by atoms with Crippen LogP contribution in [0, 0.1) is 0 Å². The van der Waals surface area contributed by atoms with Crippen LogP contribution in [0.25, 0.3) is 0 Å². The number of fused-ring (bicyclic) bond motifs is 1. The van der Waals surface area contributed by atoms with Crippen molar-refractivity contribution in [3.8, 4) is 0 Å². The molecule has 0 aliphatic carbocycles. The second-order valence-electron chi connectivity index (χ2n) is 5.91. The van der Waals surface area contributed by atoms with Crippen molar-refractivity contribution in [2.75, 3.05) is 23.8 Å². The number of nitrogens with one attached hydrogen (secondary N) is 2. The van der Waals surface area contributed by atoms with Crippen LogP contribution in [0.4, 0.5) is 16.2 Å². The molecule has 1 aliphatic rings. The van der Waals surface area contributed by atoms with E-state index in [1.807, 2.05) is 49.5 Å². The second kappa shape index (κ2) is 7.17. The van der Waals surface area contributed by atoms with Gasteiger partial charge in [-0.2, -0.15) is 0 Å². The molecule has 0 fully saturated rings. The van der Waals surface area contributed by atoms with Crippen LogP contribution in [0.15, 0.2) is 48.5 Å². The van der Waals surface area contributed by atoms with Gasteiger partial charge in [-0.3, -0.25) is 4.79 Å². The van der Waals surface area contributed by atoms with Crippen LogP contribution < -0.4 is 15.5 Å². The summed E-state index contributed by atoms with van der Waals surface area (Å²) in [6, 6.07) is 15.3. The summed E-state index contributed by atoms with van der Waals surface area (Å²) >= 11 is 0. The van der Waals surface area contributed by atoms with Crippen molar-refractivity contribution >= 4 is 23.3 Å². The van der Waals surface area contributed by atoms with E-state index in [1.54, 1.807) is 4.90 Å². The third-order valence-electron chi connectivity index (χ3n) is 4.22. The highest BCUT2D eigenvalue weighted by molar-refractivity contribution is 5.95. The Labute approximate surface area is 141 Å². The second-order valence-corrected chi connectivity index (χ2v) is 5.91. The van der Waals surface area contributed by atoms with Crippen LogP contribution in [0.3, 0.4) is 0 Å². The minimum atomic E-state index is -0.204. The molecule has 5 heteroatoms. The van der Waals surface area contributed by atoms with Gasteiger partial charge in [-0.15, -0.1) is 0 Å². The van der Waals surface area contributed by atoms with Crippen molar-refractivity contribution in [3.05, 3.63) is 59.7 Å². The predicted octanol–water partition coefficient (Wildman–Crippen LogP) is 2.96. The van der Waals surface area contributed by atoms with E-state index in [0.717, 1.165) is 29.8 Å². The van der Waals surface area contributed by atoms with E-state index in [1.165, 1.54) is 5.56 Å². The van der Waals surface area contributed by atoms with Crippen molar-refractivity contribution in [2.45, 2.75) is 19.3 Å². The van der Waals surface area contributed by atoms with Crippen LogP contribution in [0.2, 0.25) is 0 Å². The number of rotatable bonds is 4. The topological polar surface area (TPSA) is 61.4 Å². The van der Waals surface area contributed by atoms with E-state index in [9.17, 15) is 9.59 Å². The number of hydrogen-bond donors (Lipinski definition) is 2. The Morgan fingerprint density at radius 1 is 1.12 bits per heavy atom. The van der Waals surface area contributed by atoms with Crippen molar-refractivity contribution in [1.29, 1.82) is 0 Å². The summed E-state index contributed by atoms with van der Waals surface area (Å²) in [4.78, 5) is 25.3. The molecule has 2 N–H and O–H groups in total. The molecule has 0 unspecified atom stereocenters. The summed E-state index contributed by atoms with van der Waals surface area (Å²) in [5.41, 5.74) is 4.13. The van der Waals surface area contributed by atoms with E-state index in [4.69, 9.17) is 0 Å². The molecule has 0 saturated heterocycles. The summed E-state index contributed by atoms with van der Waals surface area (Å²) in [7, 11) is 1.81. The van der Waals surface area contributed by atoms with Gasteiger partial charge in [-0.05, 0) is 42.2 Å². The molecular formula is C19H21N3O2. The highest BCUT2D eigenvalue weighted by atomic mass is 16.2. The number of carbonyl (C=O) groups excluding carboxylic acids is 2. The Kier molecular flexibility index (Phi) is 4.79. The highest BCUT2D eigenvalue weighted by Crippen LogP contribution is 2.27. The Morgan fingerprint density at radius 3 is 2.71 bits per heavy atom. The summed E-state index contributed by atoms with van der Waals surface area (Å²) in [5.74, 6) is 0.162. The van der Waals surface area contributed by atoms with Gasteiger partial charge < -0.3 is 15.5 Å². The van der Waals surface area contributed by atoms with Gasteiger partial charge in [-0.25, -0.2) is 4.79 Å². The summed E-state index contributed by atoms with van der Waals surface area (Å²) in [6.07, 6.45) is 2.10. The molecule has 0 aromatic heterocycles. The van der Waals surface area contributed by atoms with Gasteiger partial charge in [-0.1, -0.05) is 30.3 Å². The number of para-hydroxylation sites is 1. The molecule has 0 radical (unpaired) electrons. The summed E-state index contributed by atoms with van der Waals surface area (Å²) < 4.78 is 0. The smallest absolute Gasteiger partial charge is 0.319 e. The first-order chi connectivity index (χ1) is 11.6. The molecule has 2 aromatic carbocycles. The number of aryl methyl sites for hydroxylation is 1. The molecule has 24 heavy (non-hydrogen) atoms. The van der Waals surface area contributed by atoms with Gasteiger partial charge in [0.2, 0.25) is 5.91 Å². The van der Waals surface area contributed by atoms with Crippen molar-refractivity contribution in [3.63, 3.8) is 0 Å². The van der Waals surface area contributed by atoms with Crippen molar-refractivity contribution < 1.29 is 9.59 Å². The Bertz CT molecular complexity index is 744. The standard InChI is InChI=1S/C19H21N3O2/c1-22-17-9-7-14(13-15(17)8-10-18(22)23)11-12-20-19(24)21-16-5-3-2-4-6-16/h2-7,9,13H,8,10-12H2,1H3,(H2,20,21,24). The zero-order chi connectivity index (χ0) is 16.9. The summed E-state index contributed by atoms with van der Waals surface area (Å²) in [6.45, 7) is 0.562. The van der Waals surface area contributed by atoms with E-state index in [2.05, 4.69) is 16.7 Å². The Morgan fingerprint density at radius 2 is 1.92 bits per heavy atom. The lowest BCUT2D eigenvalue weighted by Gasteiger charge is -2.26. The molecule has 0 bridgehead atoms. The van der Waals surface area contributed by atoms with Gasteiger partial charge in [0, 0.05) is 31.4 Å². The van der Waals surface area contributed by atoms with Crippen LogP contribution in [-0.2, 0) is 17.6 Å². The number of anilines is 2. The zero-order valence-electron chi connectivity index (χ0n) is 13.7. The van der Waals surface area contributed by atoms with E-state index < -0.39 is 0 Å². The molecule has 124 valence electrons. The van der Waals surface area contributed by atoms with Gasteiger partial charge in [0.25, 0.3) is 0 Å². The molecule has 0 spiro atoms. The summed E-state index contributed by atoms with van der Waals surface area (Å²) in [5, 5.41) is 5.66. The first-order valence-corrected chi connectivity index (χ1v) is 8.12. The number of nitrogens with zero attached hydrogens (tertiary/aromatic N) is 1. The maximum Gasteiger partial charge on any atom is 0.319 e.